The Bertz CT molecular complexity index is 1780. The number of phenols is 2. The number of fused-ring (bicyclic) bond motifs is 5. The largest absolute Gasteiger partial charge is 0.508 e. The van der Waals surface area contributed by atoms with Crippen molar-refractivity contribution in [3.8, 4) is 22.6 Å². The molecule has 3 aromatic carbocycles. The molecule has 6 atom stereocenters. The van der Waals surface area contributed by atoms with Gasteiger partial charge in [0, 0.05) is 17.3 Å². The van der Waals surface area contributed by atoms with Crippen LogP contribution in [0.5, 0.6) is 11.5 Å². The van der Waals surface area contributed by atoms with Crippen LogP contribution in [0.25, 0.3) is 11.1 Å². The molecule has 41 heavy (non-hydrogen) atoms. The Hall–Kier alpha value is -3.41. The summed E-state index contributed by atoms with van der Waals surface area (Å²) in [5, 5.41) is 46.7. The van der Waals surface area contributed by atoms with Gasteiger partial charge in [-0.1, -0.05) is 24.3 Å². The monoisotopic (exact) mass is 548 g/mol. The Balaban J connectivity index is 1.57. The van der Waals surface area contributed by atoms with Crippen molar-refractivity contribution in [1.82, 2.24) is 0 Å². The van der Waals surface area contributed by atoms with E-state index in [2.05, 4.69) is 19.6 Å². The van der Waals surface area contributed by atoms with Crippen LogP contribution in [0.15, 0.2) is 43.0 Å². The predicted molar refractivity (Wildman–Crippen MR) is 156 cm³/mol. The highest BCUT2D eigenvalue weighted by Gasteiger charge is 2.85. The molecule has 5 nitrogen and oxygen atoms in total. The van der Waals surface area contributed by atoms with Crippen molar-refractivity contribution in [2.24, 2.45) is 11.3 Å². The Labute approximate surface area is 240 Å². The second-order valence-electron chi connectivity index (χ2n) is 13.6. The summed E-state index contributed by atoms with van der Waals surface area (Å²) in [5.74, 6) is -0.750. The smallest absolute Gasteiger partial charge is 0.178 e. The molecule has 3 saturated carbocycles. The molecule has 0 aliphatic heterocycles. The van der Waals surface area contributed by atoms with Crippen LogP contribution in [0.1, 0.15) is 75.8 Å². The van der Waals surface area contributed by atoms with E-state index in [0.29, 0.717) is 24.8 Å². The number of ketones is 1. The molecular weight excluding hydrogens is 512 g/mol. The summed E-state index contributed by atoms with van der Waals surface area (Å²) >= 11 is 0. The van der Waals surface area contributed by atoms with Gasteiger partial charge in [-0.3, -0.25) is 4.79 Å². The van der Waals surface area contributed by atoms with Gasteiger partial charge in [0.15, 0.2) is 5.78 Å². The number of carbonyl (C=O) groups is 1. The zero-order valence-corrected chi connectivity index (χ0v) is 24.1. The van der Waals surface area contributed by atoms with Gasteiger partial charge in [0.25, 0.3) is 0 Å². The maximum Gasteiger partial charge on any atom is 0.178 e. The van der Waals surface area contributed by atoms with Crippen molar-refractivity contribution >= 4 is 5.78 Å². The van der Waals surface area contributed by atoms with Gasteiger partial charge in [-0.2, -0.15) is 0 Å². The molecule has 1 spiro atoms. The van der Waals surface area contributed by atoms with Gasteiger partial charge in [0.1, 0.15) is 22.7 Å². The lowest BCUT2D eigenvalue weighted by molar-refractivity contribution is -0.267. The van der Waals surface area contributed by atoms with Crippen LogP contribution < -0.4 is 0 Å². The fourth-order valence-electron chi connectivity index (χ4n) is 10.8. The molecule has 7 aliphatic carbocycles. The van der Waals surface area contributed by atoms with Crippen LogP contribution in [-0.4, -0.2) is 31.8 Å². The van der Waals surface area contributed by atoms with Gasteiger partial charge in [-0.15, -0.1) is 6.58 Å². The van der Waals surface area contributed by atoms with Crippen LogP contribution in [0.3, 0.4) is 0 Å². The summed E-state index contributed by atoms with van der Waals surface area (Å²) in [6, 6.07) is 9.47. The minimum atomic E-state index is -1.63. The Morgan fingerprint density at radius 2 is 1.63 bits per heavy atom. The molecule has 3 aromatic rings. The van der Waals surface area contributed by atoms with Crippen molar-refractivity contribution < 1.29 is 25.2 Å². The number of phenolic OH excluding ortho intramolecular Hbond substituents is 2. The first-order valence-corrected chi connectivity index (χ1v) is 14.8. The fourth-order valence-corrected chi connectivity index (χ4v) is 10.8. The number of rotatable bonds is 1. The first-order chi connectivity index (χ1) is 19.4. The Morgan fingerprint density at radius 1 is 0.951 bits per heavy atom. The van der Waals surface area contributed by atoms with Gasteiger partial charge in [0.05, 0.1) is 5.41 Å². The van der Waals surface area contributed by atoms with Crippen LogP contribution >= 0.6 is 0 Å². The molecule has 0 saturated heterocycles. The number of benzene rings is 3. The zero-order chi connectivity index (χ0) is 29.0. The third-order valence-electron chi connectivity index (χ3n) is 12.3. The number of aryl methyl sites for hydroxylation is 2. The zero-order valence-electron chi connectivity index (χ0n) is 24.1. The minimum Gasteiger partial charge on any atom is -0.508 e. The molecule has 10 rings (SSSR count). The topological polar surface area (TPSA) is 98.0 Å². The average molecular weight is 549 g/mol. The molecule has 3 fully saturated rings. The molecule has 5 heteroatoms. The van der Waals surface area contributed by atoms with Crippen molar-refractivity contribution in [3.63, 3.8) is 0 Å². The summed E-state index contributed by atoms with van der Waals surface area (Å²) in [4.78, 5) is 14.7. The summed E-state index contributed by atoms with van der Waals surface area (Å²) in [5.41, 5.74) is 5.42. The van der Waals surface area contributed by atoms with Gasteiger partial charge in [0.2, 0.25) is 0 Å². The molecule has 7 aliphatic rings. The van der Waals surface area contributed by atoms with E-state index >= 15 is 0 Å². The molecular formula is C36H36O5. The molecule has 0 amide bonds. The van der Waals surface area contributed by atoms with Crippen LogP contribution in [0, 0.1) is 32.1 Å². The normalized spacial score (nSPS) is 35.3. The summed E-state index contributed by atoms with van der Waals surface area (Å²) in [6.45, 7) is 11.8. The molecule has 0 heterocycles. The summed E-state index contributed by atoms with van der Waals surface area (Å²) < 4.78 is 0. The summed E-state index contributed by atoms with van der Waals surface area (Å²) in [7, 11) is 0. The van der Waals surface area contributed by atoms with Crippen molar-refractivity contribution in [3.05, 3.63) is 93.1 Å². The lowest BCUT2D eigenvalue weighted by Gasteiger charge is -2.77. The Kier molecular flexibility index (Phi) is 4.52. The van der Waals surface area contributed by atoms with Crippen molar-refractivity contribution in [1.29, 1.82) is 0 Å². The fraction of sp³-hybridized carbons (Fsp3) is 0.417. The number of Topliss-reactive ketones (excluding diaryl/α,β-unsaturated/α-hetero) is 1. The van der Waals surface area contributed by atoms with E-state index in [1.54, 1.807) is 31.2 Å². The van der Waals surface area contributed by atoms with E-state index in [0.717, 1.165) is 62.9 Å². The quantitative estimate of drug-likeness (QED) is 0.302. The van der Waals surface area contributed by atoms with E-state index < -0.39 is 27.9 Å². The SMILES string of the molecule is C=CC12C(=O)C(C)(O)C3CC1c1c4c(cc(C)c1C31CCc3c(ccc(O)c3C)C21O)CCc1c-4ccc(O)c1C. The third kappa shape index (κ3) is 2.35. The number of aromatic hydroxyl groups is 2. The number of hydrogen-bond donors (Lipinski definition) is 4. The highest BCUT2D eigenvalue weighted by atomic mass is 16.3. The van der Waals surface area contributed by atoms with E-state index in [9.17, 15) is 25.2 Å². The standard InChI is InChI=1S/C36H36O5/c1-6-34-25-16-28(33(5,40)32(34)39)35(14-13-22-19(4)27(38)12-10-24(22)36(34,35)41)31-17(2)15-20-7-8-21-18(3)26(37)11-9-23(21)29(20)30(25)31/h6,9-12,15,25,28,37-38,40-41H,1,7-8,13-14,16H2,2-5H3. The van der Waals surface area contributed by atoms with Gasteiger partial charge in [-0.05, 0) is 133 Å². The maximum absolute atomic E-state index is 14.7. The second kappa shape index (κ2) is 7.32. The van der Waals surface area contributed by atoms with Gasteiger partial charge in [-0.25, -0.2) is 0 Å². The van der Waals surface area contributed by atoms with E-state index in [1.807, 2.05) is 19.9 Å². The average Bonchev–Trinajstić information content (AvgIpc) is 2.94. The van der Waals surface area contributed by atoms with Crippen LogP contribution in [-0.2, 0) is 35.1 Å². The second-order valence-corrected chi connectivity index (χ2v) is 13.6. The lowest BCUT2D eigenvalue weighted by atomic mass is 9.26. The van der Waals surface area contributed by atoms with Crippen LogP contribution in [0.4, 0.5) is 0 Å². The highest BCUT2D eigenvalue weighted by molar-refractivity contribution is 6.02. The van der Waals surface area contributed by atoms with Crippen LogP contribution in [0.2, 0.25) is 0 Å². The number of carbonyl (C=O) groups excluding carboxylic acids is 1. The van der Waals surface area contributed by atoms with Gasteiger partial charge < -0.3 is 20.4 Å². The first-order valence-electron chi connectivity index (χ1n) is 14.8. The van der Waals surface area contributed by atoms with E-state index in [-0.39, 0.29) is 23.2 Å². The first kappa shape index (κ1) is 25.3. The summed E-state index contributed by atoms with van der Waals surface area (Å²) in [6.07, 6.45) is 5.07. The van der Waals surface area contributed by atoms with Gasteiger partial charge >= 0.3 is 0 Å². The molecule has 4 N–H and O–H groups in total. The third-order valence-corrected chi connectivity index (χ3v) is 12.3. The number of hydrogen-bond acceptors (Lipinski definition) is 5. The Morgan fingerprint density at radius 3 is 2.34 bits per heavy atom. The highest BCUT2D eigenvalue weighted by Crippen LogP contribution is 2.81. The maximum atomic E-state index is 14.7. The molecule has 0 aromatic heterocycles. The molecule has 0 radical (unpaired) electrons. The molecule has 4 bridgehead atoms. The van der Waals surface area contributed by atoms with E-state index in [1.165, 1.54) is 5.56 Å². The predicted octanol–water partition coefficient (Wildman–Crippen LogP) is 5.48. The molecule has 6 unspecified atom stereocenters. The minimum absolute atomic E-state index is 0.182. The lowest BCUT2D eigenvalue weighted by Crippen LogP contribution is -2.83. The molecule has 210 valence electrons. The van der Waals surface area contributed by atoms with Crippen molar-refractivity contribution in [2.75, 3.05) is 0 Å². The number of aliphatic hydroxyl groups is 2. The van der Waals surface area contributed by atoms with Crippen molar-refractivity contribution in [2.45, 2.75) is 82.3 Å². The van der Waals surface area contributed by atoms with E-state index in [4.69, 9.17) is 0 Å².